The van der Waals surface area contributed by atoms with E-state index in [4.69, 9.17) is 5.11 Å². The van der Waals surface area contributed by atoms with E-state index in [-0.39, 0.29) is 12.6 Å². The molecule has 0 heterocycles. The molecule has 0 fully saturated rings. The van der Waals surface area contributed by atoms with Crippen LogP contribution in [0.1, 0.15) is 30.5 Å². The van der Waals surface area contributed by atoms with Gasteiger partial charge in [-0.2, -0.15) is 0 Å². The largest absolute Gasteiger partial charge is 0.396 e. The second-order valence-electron chi connectivity index (χ2n) is 4.94. The van der Waals surface area contributed by atoms with E-state index >= 15 is 0 Å². The van der Waals surface area contributed by atoms with Gasteiger partial charge >= 0.3 is 0 Å². The van der Waals surface area contributed by atoms with E-state index in [9.17, 15) is 8.78 Å². The lowest BCUT2D eigenvalue weighted by Crippen LogP contribution is -2.12. The van der Waals surface area contributed by atoms with Crippen LogP contribution in [-0.4, -0.2) is 11.7 Å². The van der Waals surface area contributed by atoms with Gasteiger partial charge in [0.15, 0.2) is 0 Å². The monoisotopic (exact) mass is 291 g/mol. The molecule has 0 saturated heterocycles. The number of nitrogens with one attached hydrogen (secondary N) is 1. The summed E-state index contributed by atoms with van der Waals surface area (Å²) in [6.07, 6.45) is 1.24. The lowest BCUT2D eigenvalue weighted by molar-refractivity contribution is 0.299. The fourth-order valence-electron chi connectivity index (χ4n) is 2.28. The quantitative estimate of drug-likeness (QED) is 0.841. The van der Waals surface area contributed by atoms with E-state index in [0.717, 1.165) is 23.4 Å². The predicted octanol–water partition coefficient (Wildman–Crippen LogP) is 4.06. The van der Waals surface area contributed by atoms with E-state index in [2.05, 4.69) is 5.32 Å². The number of aliphatic hydroxyl groups is 1. The van der Waals surface area contributed by atoms with Crippen molar-refractivity contribution in [1.82, 2.24) is 0 Å². The van der Waals surface area contributed by atoms with Crippen molar-refractivity contribution in [3.05, 3.63) is 65.2 Å². The number of benzene rings is 2. The van der Waals surface area contributed by atoms with Crippen LogP contribution in [0.15, 0.2) is 42.5 Å². The topological polar surface area (TPSA) is 32.3 Å². The Morgan fingerprint density at radius 2 is 1.81 bits per heavy atom. The van der Waals surface area contributed by atoms with Crippen molar-refractivity contribution in [3.8, 4) is 0 Å². The number of anilines is 1. The van der Waals surface area contributed by atoms with Gasteiger partial charge in [0.1, 0.15) is 11.6 Å². The van der Waals surface area contributed by atoms with Gasteiger partial charge in [-0.25, -0.2) is 8.78 Å². The molecule has 0 radical (unpaired) electrons. The Morgan fingerprint density at radius 3 is 2.43 bits per heavy atom. The fourth-order valence-corrected chi connectivity index (χ4v) is 2.28. The first-order valence-electron chi connectivity index (χ1n) is 7.05. The molecule has 1 unspecified atom stereocenters. The van der Waals surface area contributed by atoms with Crippen molar-refractivity contribution in [1.29, 1.82) is 0 Å². The molecule has 0 aliphatic heterocycles. The van der Waals surface area contributed by atoms with E-state index in [1.54, 1.807) is 0 Å². The summed E-state index contributed by atoms with van der Waals surface area (Å²) >= 11 is 0. The van der Waals surface area contributed by atoms with Crippen molar-refractivity contribution in [2.45, 2.75) is 25.8 Å². The Bertz CT molecular complexity index is 584. The van der Waals surface area contributed by atoms with Gasteiger partial charge in [-0.3, -0.25) is 0 Å². The number of aliphatic hydroxyl groups excluding tert-OH is 1. The highest BCUT2D eigenvalue weighted by Gasteiger charge is 2.14. The third-order valence-electron chi connectivity index (χ3n) is 3.44. The van der Waals surface area contributed by atoms with Crippen LogP contribution in [0.4, 0.5) is 14.5 Å². The van der Waals surface area contributed by atoms with Gasteiger partial charge in [-0.05, 0) is 48.7 Å². The van der Waals surface area contributed by atoms with Crippen molar-refractivity contribution in [2.24, 2.45) is 0 Å². The summed E-state index contributed by atoms with van der Waals surface area (Å²) in [5.74, 6) is -0.849. The fraction of sp³-hybridized carbons (Fsp3) is 0.294. The summed E-state index contributed by atoms with van der Waals surface area (Å²) in [4.78, 5) is 0. The van der Waals surface area contributed by atoms with Gasteiger partial charge in [-0.1, -0.05) is 19.1 Å². The third-order valence-corrected chi connectivity index (χ3v) is 3.44. The van der Waals surface area contributed by atoms with Crippen LogP contribution in [0.2, 0.25) is 0 Å². The van der Waals surface area contributed by atoms with Crippen molar-refractivity contribution < 1.29 is 13.9 Å². The lowest BCUT2D eigenvalue weighted by atomic mass is 10.0. The van der Waals surface area contributed by atoms with Gasteiger partial charge in [0.2, 0.25) is 0 Å². The molecule has 2 aromatic carbocycles. The number of hydrogen-bond acceptors (Lipinski definition) is 2. The van der Waals surface area contributed by atoms with Gasteiger partial charge < -0.3 is 10.4 Å². The zero-order valence-corrected chi connectivity index (χ0v) is 11.9. The van der Waals surface area contributed by atoms with Crippen LogP contribution in [0.5, 0.6) is 0 Å². The number of halogens is 2. The smallest absolute Gasteiger partial charge is 0.128 e. The average Bonchev–Trinajstić information content (AvgIpc) is 2.49. The summed E-state index contributed by atoms with van der Waals surface area (Å²) in [7, 11) is 0. The Kier molecular flexibility index (Phi) is 5.28. The molecule has 2 aromatic rings. The Balaban J connectivity index is 2.16. The summed E-state index contributed by atoms with van der Waals surface area (Å²) < 4.78 is 27.1. The molecule has 0 saturated carbocycles. The Morgan fingerprint density at radius 1 is 1.10 bits per heavy atom. The van der Waals surface area contributed by atoms with E-state index in [1.165, 1.54) is 6.07 Å². The molecule has 1 atom stereocenters. The third kappa shape index (κ3) is 4.02. The molecular formula is C17H19F2NO. The molecule has 0 amide bonds. The maximum absolute atomic E-state index is 13.8. The molecule has 2 nitrogen and oxygen atoms in total. The second-order valence-corrected chi connectivity index (χ2v) is 4.94. The molecule has 0 spiro atoms. The normalized spacial score (nSPS) is 12.2. The zero-order chi connectivity index (χ0) is 15.2. The SMILES string of the molecule is CCC(Nc1ccc(CCO)cc1)c1cc(F)ccc1F. The summed E-state index contributed by atoms with van der Waals surface area (Å²) in [5, 5.41) is 12.1. The highest BCUT2D eigenvalue weighted by molar-refractivity contribution is 5.47. The van der Waals surface area contributed by atoms with Crippen LogP contribution in [0.25, 0.3) is 0 Å². The summed E-state index contributed by atoms with van der Waals surface area (Å²) in [5.41, 5.74) is 2.21. The van der Waals surface area contributed by atoms with Gasteiger partial charge in [0.05, 0.1) is 6.04 Å². The van der Waals surface area contributed by atoms with Crippen molar-refractivity contribution in [3.63, 3.8) is 0 Å². The molecule has 2 rings (SSSR count). The van der Waals surface area contributed by atoms with E-state index in [0.29, 0.717) is 18.4 Å². The molecule has 4 heteroatoms. The maximum Gasteiger partial charge on any atom is 0.128 e. The van der Waals surface area contributed by atoms with Crippen molar-refractivity contribution in [2.75, 3.05) is 11.9 Å². The van der Waals surface area contributed by atoms with Crippen LogP contribution < -0.4 is 5.32 Å². The van der Waals surface area contributed by atoms with Crippen molar-refractivity contribution >= 4 is 5.69 Å². The lowest BCUT2D eigenvalue weighted by Gasteiger charge is -2.19. The minimum absolute atomic E-state index is 0.110. The minimum Gasteiger partial charge on any atom is -0.396 e. The van der Waals surface area contributed by atoms with Gasteiger partial charge in [-0.15, -0.1) is 0 Å². The number of hydrogen-bond donors (Lipinski definition) is 2. The Labute approximate surface area is 123 Å². The van der Waals surface area contributed by atoms with E-state index < -0.39 is 11.6 Å². The van der Waals surface area contributed by atoms with E-state index in [1.807, 2.05) is 31.2 Å². The zero-order valence-electron chi connectivity index (χ0n) is 11.9. The van der Waals surface area contributed by atoms with Crippen LogP contribution >= 0.6 is 0 Å². The van der Waals surface area contributed by atoms with Crippen LogP contribution in [0.3, 0.4) is 0 Å². The van der Waals surface area contributed by atoms with Gasteiger partial charge in [0, 0.05) is 17.9 Å². The first-order chi connectivity index (χ1) is 10.1. The second kappa shape index (κ2) is 7.18. The van der Waals surface area contributed by atoms with Crippen LogP contribution in [0, 0.1) is 11.6 Å². The maximum atomic E-state index is 13.8. The predicted molar refractivity (Wildman–Crippen MR) is 80.2 cm³/mol. The summed E-state index contributed by atoms with van der Waals surface area (Å²) in [6.45, 7) is 2.03. The van der Waals surface area contributed by atoms with Gasteiger partial charge in [0.25, 0.3) is 0 Å². The number of rotatable bonds is 6. The highest BCUT2D eigenvalue weighted by atomic mass is 19.1. The average molecular weight is 291 g/mol. The molecule has 112 valence electrons. The Hall–Kier alpha value is -1.94. The first-order valence-corrected chi connectivity index (χ1v) is 7.05. The molecule has 0 bridgehead atoms. The summed E-state index contributed by atoms with van der Waals surface area (Å²) in [6, 6.07) is 10.8. The molecule has 0 aliphatic carbocycles. The first kappa shape index (κ1) is 15.4. The molecule has 21 heavy (non-hydrogen) atoms. The standard InChI is InChI=1S/C17H19F2NO/c1-2-17(15-11-13(18)5-8-16(15)19)20-14-6-3-12(4-7-14)9-10-21/h3-8,11,17,20-21H,2,9-10H2,1H3. The van der Waals surface area contributed by atoms with Crippen LogP contribution in [-0.2, 0) is 6.42 Å². The molecule has 0 aromatic heterocycles. The molecule has 0 aliphatic rings. The molecular weight excluding hydrogens is 272 g/mol. The highest BCUT2D eigenvalue weighted by Crippen LogP contribution is 2.25. The molecule has 2 N–H and O–H groups in total. The minimum atomic E-state index is -0.440.